The molecule has 13 heavy (non-hydrogen) atoms. The van der Waals surface area contributed by atoms with Crippen LogP contribution in [0.3, 0.4) is 0 Å². The Kier molecular flexibility index (Phi) is 4.69. The van der Waals surface area contributed by atoms with E-state index in [1.807, 2.05) is 0 Å². The average molecular weight is 198 g/mol. The maximum Gasteiger partial charge on any atom is 0.0474 e. The van der Waals surface area contributed by atoms with Crippen LogP contribution in [-0.2, 0) is 5.88 Å². The van der Waals surface area contributed by atoms with Crippen molar-refractivity contribution < 1.29 is 0 Å². The van der Waals surface area contributed by atoms with E-state index in [1.165, 1.54) is 24.1 Å². The molecule has 0 heterocycles. The molecule has 1 aromatic rings. The van der Waals surface area contributed by atoms with Crippen LogP contribution in [0.25, 0.3) is 0 Å². The third-order valence-electron chi connectivity index (χ3n) is 1.97. The summed E-state index contributed by atoms with van der Waals surface area (Å²) in [5.41, 5.74) is 2.35. The Bertz CT molecular complexity index is 230. The maximum absolute atomic E-state index is 5.69. The Hall–Kier alpha value is -0.690. The van der Waals surface area contributed by atoms with Crippen molar-refractivity contribution in [2.45, 2.75) is 25.6 Å². The highest BCUT2D eigenvalue weighted by atomic mass is 35.5. The summed E-state index contributed by atoms with van der Waals surface area (Å²) in [4.78, 5) is 0. The monoisotopic (exact) mass is 197 g/mol. The van der Waals surface area contributed by atoms with E-state index < -0.39 is 0 Å². The number of hydrogen-bond donors (Lipinski definition) is 1. The van der Waals surface area contributed by atoms with Crippen LogP contribution in [0.5, 0.6) is 0 Å². The summed E-state index contributed by atoms with van der Waals surface area (Å²) >= 11 is 5.69. The van der Waals surface area contributed by atoms with E-state index >= 15 is 0 Å². The summed E-state index contributed by atoms with van der Waals surface area (Å²) in [6, 6.07) is 8.27. The van der Waals surface area contributed by atoms with Crippen molar-refractivity contribution >= 4 is 17.3 Å². The van der Waals surface area contributed by atoms with E-state index in [2.05, 4.69) is 36.5 Å². The van der Waals surface area contributed by atoms with Gasteiger partial charge in [-0.1, -0.05) is 25.5 Å². The average Bonchev–Trinajstić information content (AvgIpc) is 2.19. The largest absolute Gasteiger partial charge is 0.385 e. The highest BCUT2D eigenvalue weighted by molar-refractivity contribution is 6.17. The molecule has 0 amide bonds. The molecule has 0 aliphatic carbocycles. The molecule has 1 rings (SSSR count). The highest BCUT2D eigenvalue weighted by Crippen LogP contribution is 2.10. The van der Waals surface area contributed by atoms with Crippen molar-refractivity contribution in [2.75, 3.05) is 11.9 Å². The molecule has 0 unspecified atom stereocenters. The molecule has 0 radical (unpaired) electrons. The topological polar surface area (TPSA) is 12.0 Å². The molecule has 0 atom stereocenters. The van der Waals surface area contributed by atoms with Gasteiger partial charge in [0.25, 0.3) is 0 Å². The van der Waals surface area contributed by atoms with Crippen molar-refractivity contribution in [3.63, 3.8) is 0 Å². The number of rotatable bonds is 5. The standard InChI is InChI=1S/C11H16ClN/c1-2-3-8-13-11-6-4-10(9-12)5-7-11/h4-7,13H,2-3,8-9H2,1H3. The van der Waals surface area contributed by atoms with Gasteiger partial charge in [0, 0.05) is 18.1 Å². The SMILES string of the molecule is CCCCNc1ccc(CCl)cc1. The van der Waals surface area contributed by atoms with Gasteiger partial charge in [-0.3, -0.25) is 0 Å². The summed E-state index contributed by atoms with van der Waals surface area (Å²) in [6.45, 7) is 3.25. The number of benzene rings is 1. The first kappa shape index (κ1) is 10.4. The number of halogens is 1. The summed E-state index contributed by atoms with van der Waals surface area (Å²) in [5.74, 6) is 0.592. The van der Waals surface area contributed by atoms with Gasteiger partial charge in [-0.15, -0.1) is 11.6 Å². The van der Waals surface area contributed by atoms with Gasteiger partial charge in [0.1, 0.15) is 0 Å². The quantitative estimate of drug-likeness (QED) is 0.562. The molecule has 2 heteroatoms. The number of hydrogen-bond acceptors (Lipinski definition) is 1. The highest BCUT2D eigenvalue weighted by Gasteiger charge is 1.91. The van der Waals surface area contributed by atoms with Gasteiger partial charge in [-0.25, -0.2) is 0 Å². The fraction of sp³-hybridized carbons (Fsp3) is 0.455. The van der Waals surface area contributed by atoms with Gasteiger partial charge in [0.05, 0.1) is 0 Å². The van der Waals surface area contributed by atoms with Crippen LogP contribution in [0.4, 0.5) is 5.69 Å². The molecular formula is C11H16ClN. The van der Waals surface area contributed by atoms with Crippen LogP contribution in [0.2, 0.25) is 0 Å². The van der Waals surface area contributed by atoms with Crippen LogP contribution in [0.15, 0.2) is 24.3 Å². The van der Waals surface area contributed by atoms with Gasteiger partial charge in [0.2, 0.25) is 0 Å². The summed E-state index contributed by atoms with van der Waals surface area (Å²) in [7, 11) is 0. The normalized spacial score (nSPS) is 10.0. The molecule has 1 aromatic carbocycles. The van der Waals surface area contributed by atoms with Gasteiger partial charge in [-0.2, -0.15) is 0 Å². The zero-order valence-electron chi connectivity index (χ0n) is 8.02. The van der Waals surface area contributed by atoms with Crippen molar-refractivity contribution in [1.82, 2.24) is 0 Å². The van der Waals surface area contributed by atoms with Crippen molar-refractivity contribution in [3.05, 3.63) is 29.8 Å². The molecule has 0 spiro atoms. The molecule has 0 fully saturated rings. The Morgan fingerprint density at radius 1 is 1.23 bits per heavy atom. The minimum Gasteiger partial charge on any atom is -0.385 e. The first-order valence-electron chi connectivity index (χ1n) is 4.75. The van der Waals surface area contributed by atoms with Gasteiger partial charge in [-0.05, 0) is 24.1 Å². The fourth-order valence-electron chi connectivity index (χ4n) is 1.12. The van der Waals surface area contributed by atoms with Crippen molar-refractivity contribution in [2.24, 2.45) is 0 Å². The third-order valence-corrected chi connectivity index (χ3v) is 2.28. The van der Waals surface area contributed by atoms with E-state index in [4.69, 9.17) is 11.6 Å². The lowest BCUT2D eigenvalue weighted by molar-refractivity contribution is 0.834. The van der Waals surface area contributed by atoms with E-state index in [1.54, 1.807) is 0 Å². The van der Waals surface area contributed by atoms with Crippen molar-refractivity contribution in [3.8, 4) is 0 Å². The van der Waals surface area contributed by atoms with Crippen LogP contribution in [0.1, 0.15) is 25.3 Å². The van der Waals surface area contributed by atoms with Crippen LogP contribution >= 0.6 is 11.6 Å². The van der Waals surface area contributed by atoms with E-state index in [9.17, 15) is 0 Å². The number of anilines is 1. The second kappa shape index (κ2) is 5.87. The lowest BCUT2D eigenvalue weighted by atomic mass is 10.2. The number of alkyl halides is 1. The minimum absolute atomic E-state index is 0.592. The predicted molar refractivity (Wildman–Crippen MR) is 59.4 cm³/mol. The predicted octanol–water partition coefficient (Wildman–Crippen LogP) is 3.64. The summed E-state index contributed by atoms with van der Waals surface area (Å²) < 4.78 is 0. The maximum atomic E-state index is 5.69. The molecule has 0 saturated carbocycles. The van der Waals surface area contributed by atoms with Gasteiger partial charge in [0.15, 0.2) is 0 Å². The molecule has 0 bridgehead atoms. The number of nitrogens with one attached hydrogen (secondary N) is 1. The number of unbranched alkanes of at least 4 members (excludes halogenated alkanes) is 1. The minimum atomic E-state index is 0.592. The molecule has 1 N–H and O–H groups in total. The Morgan fingerprint density at radius 3 is 2.46 bits per heavy atom. The van der Waals surface area contributed by atoms with Crippen LogP contribution < -0.4 is 5.32 Å². The summed E-state index contributed by atoms with van der Waals surface area (Å²) in [5, 5.41) is 3.35. The second-order valence-corrected chi connectivity index (χ2v) is 3.38. The van der Waals surface area contributed by atoms with E-state index in [0.29, 0.717) is 5.88 Å². The smallest absolute Gasteiger partial charge is 0.0474 e. The molecule has 0 aromatic heterocycles. The summed E-state index contributed by atoms with van der Waals surface area (Å²) in [6.07, 6.45) is 2.45. The molecule has 0 aliphatic rings. The Balaban J connectivity index is 2.40. The van der Waals surface area contributed by atoms with Gasteiger partial charge < -0.3 is 5.32 Å². The van der Waals surface area contributed by atoms with Crippen molar-refractivity contribution in [1.29, 1.82) is 0 Å². The molecule has 0 aliphatic heterocycles. The van der Waals surface area contributed by atoms with E-state index in [0.717, 1.165) is 6.54 Å². The first-order chi connectivity index (χ1) is 6.36. The first-order valence-corrected chi connectivity index (χ1v) is 5.29. The van der Waals surface area contributed by atoms with Crippen LogP contribution in [-0.4, -0.2) is 6.54 Å². The molecular weight excluding hydrogens is 182 g/mol. The zero-order chi connectivity index (χ0) is 9.52. The molecule has 0 saturated heterocycles. The fourth-order valence-corrected chi connectivity index (χ4v) is 1.30. The lowest BCUT2D eigenvalue weighted by Crippen LogP contribution is -2.00. The Labute approximate surface area is 85.1 Å². The van der Waals surface area contributed by atoms with E-state index in [-0.39, 0.29) is 0 Å². The molecule has 1 nitrogen and oxygen atoms in total. The second-order valence-electron chi connectivity index (χ2n) is 3.11. The molecule has 72 valence electrons. The Morgan fingerprint density at radius 2 is 1.92 bits per heavy atom. The van der Waals surface area contributed by atoms with Gasteiger partial charge >= 0.3 is 0 Å². The lowest BCUT2D eigenvalue weighted by Gasteiger charge is -2.05. The third kappa shape index (κ3) is 3.69. The van der Waals surface area contributed by atoms with Crippen LogP contribution in [0, 0.1) is 0 Å². The zero-order valence-corrected chi connectivity index (χ0v) is 8.77.